The monoisotopic (exact) mass is 308 g/mol. The molecule has 5 nitrogen and oxygen atoms in total. The quantitative estimate of drug-likeness (QED) is 0.807. The number of aliphatic hydroxyl groups is 1. The summed E-state index contributed by atoms with van der Waals surface area (Å²) in [4.78, 5) is 24.3. The second kappa shape index (κ2) is 7.09. The molecule has 2 aliphatic carbocycles. The maximum absolute atomic E-state index is 12.5. The van der Waals surface area contributed by atoms with Gasteiger partial charge < -0.3 is 14.6 Å². The Hall–Kier alpha value is -1.62. The average molecular weight is 308 g/mol. The summed E-state index contributed by atoms with van der Waals surface area (Å²) in [6.45, 7) is 3.82. The van der Waals surface area contributed by atoms with Crippen LogP contribution in [0.1, 0.15) is 46.0 Å². The van der Waals surface area contributed by atoms with Gasteiger partial charge in [0, 0.05) is 12.0 Å². The van der Waals surface area contributed by atoms with E-state index >= 15 is 0 Å². The molecule has 122 valence electrons. The molecule has 3 unspecified atom stereocenters. The highest BCUT2D eigenvalue weighted by Gasteiger charge is 2.38. The number of hydrogen-bond acceptors (Lipinski definition) is 5. The highest BCUT2D eigenvalue weighted by molar-refractivity contribution is 5.91. The number of carbonyl (C=O) groups excluding carboxylic acids is 2. The molecule has 2 aliphatic rings. The highest BCUT2D eigenvalue weighted by atomic mass is 16.5. The molecular weight excluding hydrogens is 284 g/mol. The first-order valence-electron chi connectivity index (χ1n) is 7.89. The second-order valence-corrected chi connectivity index (χ2v) is 6.21. The van der Waals surface area contributed by atoms with Crippen LogP contribution in [0, 0.1) is 5.41 Å². The van der Waals surface area contributed by atoms with E-state index in [2.05, 4.69) is 0 Å². The Morgan fingerprint density at radius 1 is 1.41 bits per heavy atom. The van der Waals surface area contributed by atoms with E-state index in [0.717, 1.165) is 19.3 Å². The summed E-state index contributed by atoms with van der Waals surface area (Å²) < 4.78 is 10.6. The van der Waals surface area contributed by atoms with E-state index in [1.54, 1.807) is 32.1 Å². The Kier molecular flexibility index (Phi) is 5.40. The van der Waals surface area contributed by atoms with Gasteiger partial charge in [0.05, 0.1) is 18.1 Å². The molecule has 0 aliphatic heterocycles. The molecule has 22 heavy (non-hydrogen) atoms. The van der Waals surface area contributed by atoms with Crippen LogP contribution in [-0.4, -0.2) is 35.9 Å². The minimum absolute atomic E-state index is 0.238. The third kappa shape index (κ3) is 3.97. The molecule has 0 amide bonds. The van der Waals surface area contributed by atoms with E-state index in [4.69, 9.17) is 9.47 Å². The van der Waals surface area contributed by atoms with Crippen LogP contribution < -0.4 is 0 Å². The molecule has 0 aromatic rings. The van der Waals surface area contributed by atoms with Gasteiger partial charge in [-0.25, -0.2) is 4.79 Å². The fourth-order valence-electron chi connectivity index (χ4n) is 2.91. The molecule has 3 atom stereocenters. The number of rotatable bonds is 4. The van der Waals surface area contributed by atoms with Crippen LogP contribution in [-0.2, 0) is 19.1 Å². The summed E-state index contributed by atoms with van der Waals surface area (Å²) in [5, 5.41) is 9.67. The molecular formula is C17H24O5. The largest absolute Gasteiger partial charge is 0.463 e. The summed E-state index contributed by atoms with van der Waals surface area (Å²) >= 11 is 0. The number of hydrogen-bond donors (Lipinski definition) is 1. The van der Waals surface area contributed by atoms with Crippen LogP contribution >= 0.6 is 0 Å². The fraction of sp³-hybridized carbons (Fsp3) is 0.647. The SMILES string of the molecule is CCOC(=O)C1=CC=CC(C)(C(=O)OC2CCCC(O)C2)C1. The lowest BCUT2D eigenvalue weighted by Gasteiger charge is -2.31. The van der Waals surface area contributed by atoms with Crippen molar-refractivity contribution in [1.82, 2.24) is 0 Å². The van der Waals surface area contributed by atoms with Gasteiger partial charge in [-0.05, 0) is 39.5 Å². The van der Waals surface area contributed by atoms with Crippen molar-refractivity contribution in [2.24, 2.45) is 5.41 Å². The molecule has 2 rings (SSSR count). The van der Waals surface area contributed by atoms with Gasteiger partial charge in [0.2, 0.25) is 0 Å². The molecule has 0 bridgehead atoms. The van der Waals surface area contributed by atoms with E-state index in [1.165, 1.54) is 0 Å². The van der Waals surface area contributed by atoms with Crippen molar-refractivity contribution < 1.29 is 24.2 Å². The topological polar surface area (TPSA) is 72.8 Å². The van der Waals surface area contributed by atoms with Gasteiger partial charge in [-0.15, -0.1) is 0 Å². The van der Waals surface area contributed by atoms with Gasteiger partial charge in [0.25, 0.3) is 0 Å². The van der Waals surface area contributed by atoms with E-state index < -0.39 is 11.5 Å². The van der Waals surface area contributed by atoms with Gasteiger partial charge in [-0.1, -0.05) is 18.2 Å². The smallest absolute Gasteiger partial charge is 0.334 e. The molecule has 0 heterocycles. The van der Waals surface area contributed by atoms with Gasteiger partial charge in [0.1, 0.15) is 6.10 Å². The van der Waals surface area contributed by atoms with Crippen molar-refractivity contribution in [1.29, 1.82) is 0 Å². The lowest BCUT2D eigenvalue weighted by molar-refractivity contribution is -0.161. The summed E-state index contributed by atoms with van der Waals surface area (Å²) in [5.41, 5.74) is -0.383. The molecule has 1 fully saturated rings. The third-order valence-electron chi connectivity index (χ3n) is 4.20. The maximum Gasteiger partial charge on any atom is 0.334 e. The zero-order chi connectivity index (χ0) is 16.2. The summed E-state index contributed by atoms with van der Waals surface area (Å²) in [6.07, 6.45) is 7.68. The van der Waals surface area contributed by atoms with Crippen LogP contribution in [0.15, 0.2) is 23.8 Å². The van der Waals surface area contributed by atoms with Crippen LogP contribution in [0.2, 0.25) is 0 Å². The van der Waals surface area contributed by atoms with Crippen molar-refractivity contribution in [2.75, 3.05) is 6.61 Å². The van der Waals surface area contributed by atoms with Crippen molar-refractivity contribution in [3.8, 4) is 0 Å². The lowest BCUT2D eigenvalue weighted by atomic mass is 9.80. The number of aliphatic hydroxyl groups excluding tert-OH is 1. The molecule has 0 radical (unpaired) electrons. The zero-order valence-corrected chi connectivity index (χ0v) is 13.2. The zero-order valence-electron chi connectivity index (χ0n) is 13.2. The predicted molar refractivity (Wildman–Crippen MR) is 80.9 cm³/mol. The molecule has 0 aromatic heterocycles. The van der Waals surface area contributed by atoms with Gasteiger partial charge in [0.15, 0.2) is 0 Å². The summed E-state index contributed by atoms with van der Waals surface area (Å²) in [5.74, 6) is -0.739. The number of allylic oxidation sites excluding steroid dienone is 2. The first-order valence-corrected chi connectivity index (χ1v) is 7.89. The number of carbonyl (C=O) groups is 2. The van der Waals surface area contributed by atoms with Crippen LogP contribution in [0.3, 0.4) is 0 Å². The van der Waals surface area contributed by atoms with Crippen LogP contribution in [0.25, 0.3) is 0 Å². The minimum atomic E-state index is -0.862. The molecule has 1 saturated carbocycles. The molecule has 0 spiro atoms. The van der Waals surface area contributed by atoms with Gasteiger partial charge >= 0.3 is 11.9 Å². The van der Waals surface area contributed by atoms with E-state index in [9.17, 15) is 14.7 Å². The van der Waals surface area contributed by atoms with E-state index in [-0.39, 0.29) is 24.5 Å². The molecule has 5 heteroatoms. The highest BCUT2D eigenvalue weighted by Crippen LogP contribution is 2.34. The fourth-order valence-corrected chi connectivity index (χ4v) is 2.91. The minimum Gasteiger partial charge on any atom is -0.463 e. The van der Waals surface area contributed by atoms with Crippen molar-refractivity contribution in [3.63, 3.8) is 0 Å². The Labute approximate surface area is 131 Å². The van der Waals surface area contributed by atoms with Crippen LogP contribution in [0.5, 0.6) is 0 Å². The van der Waals surface area contributed by atoms with Crippen molar-refractivity contribution >= 4 is 11.9 Å². The van der Waals surface area contributed by atoms with Gasteiger partial charge in [-0.3, -0.25) is 4.79 Å². The third-order valence-corrected chi connectivity index (χ3v) is 4.20. The Bertz CT molecular complexity index is 493. The Balaban J connectivity index is 1.98. The van der Waals surface area contributed by atoms with Crippen LogP contribution in [0.4, 0.5) is 0 Å². The van der Waals surface area contributed by atoms with Crippen molar-refractivity contribution in [2.45, 2.75) is 58.2 Å². The van der Waals surface area contributed by atoms with E-state index in [1.807, 2.05) is 0 Å². The van der Waals surface area contributed by atoms with Crippen molar-refractivity contribution in [3.05, 3.63) is 23.8 Å². The summed E-state index contributed by atoms with van der Waals surface area (Å²) in [6, 6.07) is 0. The normalized spacial score (nSPS) is 31.3. The maximum atomic E-state index is 12.5. The van der Waals surface area contributed by atoms with E-state index in [0.29, 0.717) is 18.6 Å². The number of esters is 2. The first kappa shape index (κ1) is 16.7. The summed E-state index contributed by atoms with van der Waals surface area (Å²) in [7, 11) is 0. The molecule has 0 saturated heterocycles. The Morgan fingerprint density at radius 3 is 2.86 bits per heavy atom. The predicted octanol–water partition coefficient (Wildman–Crippen LogP) is 2.29. The standard InChI is InChI=1S/C17H24O5/c1-3-21-15(19)12-6-5-9-17(2,11-12)16(20)22-14-8-4-7-13(18)10-14/h5-6,9,13-14,18H,3-4,7-8,10-11H2,1-2H3. The number of ether oxygens (including phenoxy) is 2. The second-order valence-electron chi connectivity index (χ2n) is 6.21. The first-order chi connectivity index (χ1) is 10.4. The lowest BCUT2D eigenvalue weighted by Crippen LogP contribution is -2.36. The Morgan fingerprint density at radius 2 is 2.18 bits per heavy atom. The average Bonchev–Trinajstić information content (AvgIpc) is 2.47. The molecule has 0 aromatic carbocycles. The molecule has 1 N–H and O–H groups in total. The van der Waals surface area contributed by atoms with Gasteiger partial charge in [-0.2, -0.15) is 0 Å².